The molecule has 0 aliphatic carbocycles. The molecule has 0 spiro atoms. The topological polar surface area (TPSA) is 12.5 Å². The predicted molar refractivity (Wildman–Crippen MR) is 68.7 cm³/mol. The van der Waals surface area contributed by atoms with Crippen LogP contribution in [0.1, 0.15) is 39.5 Å². The summed E-state index contributed by atoms with van der Waals surface area (Å²) in [6, 6.07) is 0.634. The second-order valence-electron chi connectivity index (χ2n) is 4.62. The number of nitrogens with zero attached hydrogens (tertiary/aromatic N) is 1. The summed E-state index contributed by atoms with van der Waals surface area (Å²) in [6.07, 6.45) is 5.55. The quantitative estimate of drug-likeness (QED) is 0.692. The average Bonchev–Trinajstić information content (AvgIpc) is 2.25. The van der Waals surface area contributed by atoms with Crippen LogP contribution in [0, 0.1) is 0 Å². The molecular formula is C12H24BrNO. The van der Waals surface area contributed by atoms with Crippen molar-refractivity contribution < 1.29 is 4.74 Å². The largest absolute Gasteiger partial charge is 0.377 e. The Morgan fingerprint density at radius 3 is 2.73 bits per heavy atom. The van der Waals surface area contributed by atoms with Gasteiger partial charge in [0.05, 0.1) is 6.10 Å². The number of rotatable bonds is 6. The van der Waals surface area contributed by atoms with Gasteiger partial charge in [-0.3, -0.25) is 4.90 Å². The van der Waals surface area contributed by atoms with Gasteiger partial charge < -0.3 is 4.74 Å². The Balaban J connectivity index is 2.28. The Morgan fingerprint density at radius 2 is 2.20 bits per heavy atom. The van der Waals surface area contributed by atoms with Gasteiger partial charge in [0.25, 0.3) is 0 Å². The van der Waals surface area contributed by atoms with Crippen LogP contribution >= 0.6 is 15.9 Å². The first-order valence-electron chi connectivity index (χ1n) is 6.15. The van der Waals surface area contributed by atoms with Crippen molar-refractivity contribution in [1.82, 2.24) is 4.90 Å². The molecule has 90 valence electrons. The monoisotopic (exact) mass is 277 g/mol. The van der Waals surface area contributed by atoms with Gasteiger partial charge in [0.1, 0.15) is 0 Å². The van der Waals surface area contributed by atoms with E-state index in [9.17, 15) is 0 Å². The molecule has 0 saturated carbocycles. The van der Waals surface area contributed by atoms with Crippen LogP contribution in [0.5, 0.6) is 0 Å². The third-order valence-electron chi connectivity index (χ3n) is 3.02. The fraction of sp³-hybridized carbons (Fsp3) is 1.00. The standard InChI is InChI=1S/C12H24BrNO/c1-11(2)14(8-5-7-13)10-12-6-3-4-9-15-12/h11-12H,3-10H2,1-2H3. The molecule has 1 aliphatic heterocycles. The van der Waals surface area contributed by atoms with Crippen molar-refractivity contribution in [2.75, 3.05) is 25.0 Å². The molecule has 15 heavy (non-hydrogen) atoms. The molecular weight excluding hydrogens is 254 g/mol. The molecule has 1 unspecified atom stereocenters. The molecule has 1 saturated heterocycles. The third-order valence-corrected chi connectivity index (χ3v) is 3.58. The van der Waals surface area contributed by atoms with Crippen LogP contribution < -0.4 is 0 Å². The van der Waals surface area contributed by atoms with Crippen molar-refractivity contribution >= 4 is 15.9 Å². The number of ether oxygens (including phenoxy) is 1. The van der Waals surface area contributed by atoms with Crippen LogP contribution in [0.15, 0.2) is 0 Å². The summed E-state index contributed by atoms with van der Waals surface area (Å²) in [6.45, 7) is 7.82. The maximum atomic E-state index is 5.79. The molecule has 2 nitrogen and oxygen atoms in total. The molecule has 3 heteroatoms. The van der Waals surface area contributed by atoms with Crippen LogP contribution in [0.3, 0.4) is 0 Å². The van der Waals surface area contributed by atoms with E-state index in [1.54, 1.807) is 0 Å². The molecule has 0 aromatic rings. The van der Waals surface area contributed by atoms with E-state index in [1.807, 2.05) is 0 Å². The average molecular weight is 278 g/mol. The van der Waals surface area contributed by atoms with Gasteiger partial charge >= 0.3 is 0 Å². The summed E-state index contributed by atoms with van der Waals surface area (Å²) >= 11 is 3.49. The molecule has 1 fully saturated rings. The molecule has 0 aromatic carbocycles. The molecule has 1 rings (SSSR count). The van der Waals surface area contributed by atoms with E-state index in [1.165, 1.54) is 32.2 Å². The van der Waals surface area contributed by atoms with Gasteiger partial charge in [-0.05, 0) is 46.1 Å². The highest BCUT2D eigenvalue weighted by Gasteiger charge is 2.18. The zero-order chi connectivity index (χ0) is 11.1. The lowest BCUT2D eigenvalue weighted by Gasteiger charge is -2.32. The van der Waals surface area contributed by atoms with Crippen molar-refractivity contribution in [3.8, 4) is 0 Å². The van der Waals surface area contributed by atoms with E-state index in [4.69, 9.17) is 4.74 Å². The Morgan fingerprint density at radius 1 is 1.40 bits per heavy atom. The summed E-state index contributed by atoms with van der Waals surface area (Å²) in [4.78, 5) is 2.54. The van der Waals surface area contributed by atoms with Crippen molar-refractivity contribution in [3.63, 3.8) is 0 Å². The maximum Gasteiger partial charge on any atom is 0.0702 e. The lowest BCUT2D eigenvalue weighted by Crippen LogP contribution is -2.40. The van der Waals surface area contributed by atoms with Crippen LogP contribution in [-0.2, 0) is 4.74 Å². The van der Waals surface area contributed by atoms with Gasteiger partial charge in [-0.1, -0.05) is 15.9 Å². The van der Waals surface area contributed by atoms with Crippen molar-refractivity contribution in [2.45, 2.75) is 51.7 Å². The number of hydrogen-bond acceptors (Lipinski definition) is 2. The lowest BCUT2D eigenvalue weighted by atomic mass is 10.1. The second kappa shape index (κ2) is 7.64. The first kappa shape index (κ1) is 13.5. The van der Waals surface area contributed by atoms with Gasteiger partial charge in [-0.2, -0.15) is 0 Å². The van der Waals surface area contributed by atoms with Gasteiger partial charge in [-0.15, -0.1) is 0 Å². The van der Waals surface area contributed by atoms with Crippen molar-refractivity contribution in [2.24, 2.45) is 0 Å². The van der Waals surface area contributed by atoms with E-state index in [0.717, 1.165) is 18.5 Å². The molecule has 0 N–H and O–H groups in total. The molecule has 1 aliphatic rings. The molecule has 1 atom stereocenters. The Kier molecular flexibility index (Phi) is 6.86. The lowest BCUT2D eigenvalue weighted by molar-refractivity contribution is -0.0110. The number of alkyl halides is 1. The first-order chi connectivity index (χ1) is 7.24. The van der Waals surface area contributed by atoms with Gasteiger partial charge in [0.2, 0.25) is 0 Å². The first-order valence-corrected chi connectivity index (χ1v) is 7.27. The Labute approximate surface area is 102 Å². The Hall–Kier alpha value is 0.400. The van der Waals surface area contributed by atoms with Gasteiger partial charge in [-0.25, -0.2) is 0 Å². The second-order valence-corrected chi connectivity index (χ2v) is 5.41. The summed E-state index contributed by atoms with van der Waals surface area (Å²) < 4.78 is 5.79. The minimum atomic E-state index is 0.483. The third kappa shape index (κ3) is 5.32. The van der Waals surface area contributed by atoms with E-state index in [-0.39, 0.29) is 0 Å². The summed E-state index contributed by atoms with van der Waals surface area (Å²) in [5.41, 5.74) is 0. The van der Waals surface area contributed by atoms with Crippen LogP contribution in [0.2, 0.25) is 0 Å². The van der Waals surface area contributed by atoms with E-state index in [0.29, 0.717) is 12.1 Å². The van der Waals surface area contributed by atoms with E-state index < -0.39 is 0 Å². The summed E-state index contributed by atoms with van der Waals surface area (Å²) in [7, 11) is 0. The SMILES string of the molecule is CC(C)N(CCCBr)CC1CCCCO1. The van der Waals surface area contributed by atoms with Crippen molar-refractivity contribution in [1.29, 1.82) is 0 Å². The maximum absolute atomic E-state index is 5.79. The van der Waals surface area contributed by atoms with Gasteiger partial charge in [0, 0.05) is 24.5 Å². The van der Waals surface area contributed by atoms with E-state index >= 15 is 0 Å². The number of hydrogen-bond donors (Lipinski definition) is 0. The molecule has 1 heterocycles. The molecule has 0 amide bonds. The molecule has 0 bridgehead atoms. The fourth-order valence-electron chi connectivity index (χ4n) is 2.04. The minimum Gasteiger partial charge on any atom is -0.377 e. The van der Waals surface area contributed by atoms with Crippen LogP contribution in [0.4, 0.5) is 0 Å². The van der Waals surface area contributed by atoms with Crippen LogP contribution in [-0.4, -0.2) is 42.1 Å². The Bertz CT molecular complexity index is 158. The van der Waals surface area contributed by atoms with E-state index in [2.05, 4.69) is 34.7 Å². The smallest absolute Gasteiger partial charge is 0.0702 e. The summed E-state index contributed by atoms with van der Waals surface area (Å²) in [5, 5.41) is 1.10. The number of halogens is 1. The zero-order valence-electron chi connectivity index (χ0n) is 10.0. The highest BCUT2D eigenvalue weighted by Crippen LogP contribution is 2.15. The van der Waals surface area contributed by atoms with Gasteiger partial charge in [0.15, 0.2) is 0 Å². The normalized spacial score (nSPS) is 22.6. The fourth-order valence-corrected chi connectivity index (χ4v) is 2.29. The highest BCUT2D eigenvalue weighted by molar-refractivity contribution is 9.09. The van der Waals surface area contributed by atoms with Crippen LogP contribution in [0.25, 0.3) is 0 Å². The molecule has 0 aromatic heterocycles. The minimum absolute atomic E-state index is 0.483. The molecule has 0 radical (unpaired) electrons. The predicted octanol–water partition coefficient (Wildman–Crippen LogP) is 3.05. The zero-order valence-corrected chi connectivity index (χ0v) is 11.6. The highest BCUT2D eigenvalue weighted by atomic mass is 79.9. The summed E-state index contributed by atoms with van der Waals surface area (Å²) in [5.74, 6) is 0. The van der Waals surface area contributed by atoms with Crippen molar-refractivity contribution in [3.05, 3.63) is 0 Å².